The zero-order valence-corrected chi connectivity index (χ0v) is 14.0. The van der Waals surface area contributed by atoms with Gasteiger partial charge in [0.1, 0.15) is 4.90 Å². The Morgan fingerprint density at radius 1 is 1.14 bits per heavy atom. The summed E-state index contributed by atoms with van der Waals surface area (Å²) in [6, 6.07) is 6.64. The zero-order valence-electron chi connectivity index (χ0n) is 13.2. The third-order valence-electron chi connectivity index (χ3n) is 5.15. The number of hydrogen-bond acceptors (Lipinski definition) is 4. The lowest BCUT2D eigenvalue weighted by atomic mass is 9.74. The first kappa shape index (κ1) is 15.5. The predicted molar refractivity (Wildman–Crippen MR) is 86.1 cm³/mol. The van der Waals surface area contributed by atoms with Gasteiger partial charge >= 0.3 is 10.1 Å². The molecular weight excluding hydrogens is 298 g/mol. The predicted octanol–water partition coefficient (Wildman–Crippen LogP) is 3.90. The summed E-state index contributed by atoms with van der Waals surface area (Å²) >= 11 is 0. The molecule has 3 atom stereocenters. The molecule has 1 aromatic carbocycles. The molecule has 0 N–H and O–H groups in total. The molecule has 0 amide bonds. The molecule has 5 heteroatoms. The molecule has 2 saturated carbocycles. The van der Waals surface area contributed by atoms with Crippen molar-refractivity contribution in [2.45, 2.75) is 50.8 Å². The lowest BCUT2D eigenvalue weighted by Gasteiger charge is -2.30. The Balaban J connectivity index is 1.75. The first-order chi connectivity index (χ1) is 10.5. The lowest BCUT2D eigenvalue weighted by molar-refractivity contribution is 0.222. The van der Waals surface area contributed by atoms with Gasteiger partial charge in [0, 0.05) is 5.92 Å². The van der Waals surface area contributed by atoms with Gasteiger partial charge in [-0.15, -0.1) is 0 Å². The molecule has 2 fully saturated rings. The van der Waals surface area contributed by atoms with Crippen LogP contribution in [-0.2, 0) is 14.4 Å². The van der Waals surface area contributed by atoms with Crippen LogP contribution in [0.1, 0.15) is 44.6 Å². The fourth-order valence-corrected chi connectivity index (χ4v) is 4.59. The van der Waals surface area contributed by atoms with Crippen molar-refractivity contribution >= 4 is 15.8 Å². The molecule has 22 heavy (non-hydrogen) atoms. The van der Waals surface area contributed by atoms with Crippen LogP contribution >= 0.6 is 0 Å². The number of nitrogens with zero attached hydrogens (tertiary/aromatic N) is 1. The fraction of sp³-hybridized carbons (Fsp3) is 0.588. The lowest BCUT2D eigenvalue weighted by Crippen LogP contribution is -2.25. The van der Waals surface area contributed by atoms with Crippen LogP contribution < -0.4 is 0 Å². The van der Waals surface area contributed by atoms with Crippen molar-refractivity contribution < 1.29 is 12.7 Å². The number of rotatable bonds is 3. The number of fused-ring (bicyclic) bond motifs is 1. The summed E-state index contributed by atoms with van der Waals surface area (Å²) in [7, 11) is -3.80. The van der Waals surface area contributed by atoms with Crippen molar-refractivity contribution in [1.29, 1.82) is 0 Å². The first-order valence-corrected chi connectivity index (χ1v) is 9.45. The average Bonchev–Trinajstić information content (AvgIpc) is 2.90. The molecule has 2 aliphatic carbocycles. The average molecular weight is 321 g/mol. The van der Waals surface area contributed by atoms with Gasteiger partial charge in [0.15, 0.2) is 0 Å². The van der Waals surface area contributed by atoms with Crippen molar-refractivity contribution in [3.05, 3.63) is 29.8 Å². The number of aryl methyl sites for hydroxylation is 1. The molecule has 2 aliphatic rings. The van der Waals surface area contributed by atoms with Gasteiger partial charge in [-0.2, -0.15) is 8.42 Å². The second-order valence-electron chi connectivity index (χ2n) is 6.64. The second kappa shape index (κ2) is 6.03. The van der Waals surface area contributed by atoms with Crippen molar-refractivity contribution in [3.8, 4) is 0 Å². The Kier molecular flexibility index (Phi) is 4.26. The molecule has 1 aromatic rings. The summed E-state index contributed by atoms with van der Waals surface area (Å²) in [5.41, 5.74) is 1.95. The minimum atomic E-state index is -3.80. The van der Waals surface area contributed by atoms with Crippen LogP contribution in [0.25, 0.3) is 0 Å². The normalized spacial score (nSPS) is 30.3. The van der Waals surface area contributed by atoms with Gasteiger partial charge in [-0.1, -0.05) is 42.6 Å². The number of benzene rings is 1. The Morgan fingerprint density at radius 2 is 1.86 bits per heavy atom. The molecule has 120 valence electrons. The molecule has 0 bridgehead atoms. The number of hydrogen-bond donors (Lipinski definition) is 0. The summed E-state index contributed by atoms with van der Waals surface area (Å²) in [5, 5.41) is 4.04. The molecule has 0 aliphatic heterocycles. The Bertz CT molecular complexity index is 664. The van der Waals surface area contributed by atoms with E-state index in [2.05, 4.69) is 12.1 Å². The van der Waals surface area contributed by atoms with Gasteiger partial charge in [0.2, 0.25) is 0 Å². The largest absolute Gasteiger partial charge is 0.358 e. The van der Waals surface area contributed by atoms with E-state index in [1.807, 2.05) is 6.92 Å². The molecule has 0 radical (unpaired) electrons. The minimum absolute atomic E-state index is 0.161. The zero-order chi connectivity index (χ0) is 15.7. The molecule has 0 saturated heterocycles. The Labute approximate surface area is 132 Å². The maximum Gasteiger partial charge on any atom is 0.358 e. The van der Waals surface area contributed by atoms with Gasteiger partial charge in [-0.3, -0.25) is 4.28 Å². The maximum atomic E-state index is 12.2. The third-order valence-corrected chi connectivity index (χ3v) is 6.27. The van der Waals surface area contributed by atoms with Gasteiger partial charge in [-0.25, -0.2) is 0 Å². The molecule has 0 aromatic heterocycles. The highest BCUT2D eigenvalue weighted by Crippen LogP contribution is 2.44. The van der Waals surface area contributed by atoms with E-state index in [9.17, 15) is 8.42 Å². The highest BCUT2D eigenvalue weighted by molar-refractivity contribution is 7.86. The highest BCUT2D eigenvalue weighted by atomic mass is 32.2. The smallest absolute Gasteiger partial charge is 0.265 e. The molecule has 0 unspecified atom stereocenters. The summed E-state index contributed by atoms with van der Waals surface area (Å²) in [5.74, 6) is 1.77. The third kappa shape index (κ3) is 3.05. The SMILES string of the molecule is Cc1ccc(S(=O)(=O)O/N=C2\CC[C@H]3[C@@H]2CCC[C@@H]3C)cc1. The molecular formula is C17H23NO3S. The highest BCUT2D eigenvalue weighted by Gasteiger charge is 2.39. The van der Waals surface area contributed by atoms with Gasteiger partial charge < -0.3 is 0 Å². The Morgan fingerprint density at radius 3 is 2.59 bits per heavy atom. The molecule has 3 rings (SSSR count). The van der Waals surface area contributed by atoms with Crippen molar-refractivity contribution in [3.63, 3.8) is 0 Å². The van der Waals surface area contributed by atoms with E-state index < -0.39 is 10.1 Å². The summed E-state index contributed by atoms with van der Waals surface area (Å²) < 4.78 is 29.4. The van der Waals surface area contributed by atoms with Crippen LogP contribution in [0.15, 0.2) is 34.3 Å². The van der Waals surface area contributed by atoms with Crippen molar-refractivity contribution in [2.75, 3.05) is 0 Å². The van der Waals surface area contributed by atoms with E-state index >= 15 is 0 Å². The van der Waals surface area contributed by atoms with E-state index in [1.54, 1.807) is 24.3 Å². The molecule has 4 nitrogen and oxygen atoms in total. The molecule has 0 spiro atoms. The van der Waals surface area contributed by atoms with Crippen LogP contribution in [0, 0.1) is 24.7 Å². The Hall–Kier alpha value is -1.36. The fourth-order valence-electron chi connectivity index (χ4n) is 3.84. The van der Waals surface area contributed by atoms with Gasteiger partial charge in [0.25, 0.3) is 0 Å². The minimum Gasteiger partial charge on any atom is -0.265 e. The van der Waals surface area contributed by atoms with E-state index in [-0.39, 0.29) is 4.90 Å². The topological polar surface area (TPSA) is 55.7 Å². The van der Waals surface area contributed by atoms with Crippen LogP contribution in [0.3, 0.4) is 0 Å². The van der Waals surface area contributed by atoms with E-state index in [0.29, 0.717) is 17.8 Å². The second-order valence-corrected chi connectivity index (χ2v) is 8.17. The van der Waals surface area contributed by atoms with Crippen LogP contribution in [-0.4, -0.2) is 14.1 Å². The van der Waals surface area contributed by atoms with Crippen molar-refractivity contribution in [2.24, 2.45) is 22.9 Å². The summed E-state index contributed by atoms with van der Waals surface area (Å²) in [4.78, 5) is 0.161. The van der Waals surface area contributed by atoms with Gasteiger partial charge in [-0.05, 0) is 50.2 Å². The summed E-state index contributed by atoms with van der Waals surface area (Å²) in [6.45, 7) is 4.21. The quantitative estimate of drug-likeness (QED) is 0.793. The van der Waals surface area contributed by atoms with E-state index in [1.165, 1.54) is 12.8 Å². The number of oxime groups is 1. The molecule has 0 heterocycles. The summed E-state index contributed by atoms with van der Waals surface area (Å²) in [6.07, 6.45) is 5.56. The van der Waals surface area contributed by atoms with Crippen molar-refractivity contribution in [1.82, 2.24) is 0 Å². The van der Waals surface area contributed by atoms with E-state index in [0.717, 1.165) is 30.5 Å². The maximum absolute atomic E-state index is 12.2. The standard InChI is InChI=1S/C17H23NO3S/c1-12-6-8-14(9-7-12)22(19,20)21-18-17-11-10-15-13(2)4-3-5-16(15)17/h6-9,13,15-16H,3-5,10-11H2,1-2H3/b18-17+/t13-,15+,16-/m0/s1. The van der Waals surface area contributed by atoms with Gasteiger partial charge in [0.05, 0.1) is 5.71 Å². The van der Waals surface area contributed by atoms with Crippen LogP contribution in [0.5, 0.6) is 0 Å². The first-order valence-electron chi connectivity index (χ1n) is 8.04. The van der Waals surface area contributed by atoms with Crippen LogP contribution in [0.2, 0.25) is 0 Å². The van der Waals surface area contributed by atoms with E-state index in [4.69, 9.17) is 4.28 Å². The monoisotopic (exact) mass is 321 g/mol. The van der Waals surface area contributed by atoms with Crippen LogP contribution in [0.4, 0.5) is 0 Å².